The van der Waals surface area contributed by atoms with Gasteiger partial charge in [0, 0.05) is 17.5 Å². The van der Waals surface area contributed by atoms with Gasteiger partial charge in [0.1, 0.15) is 0 Å². The molecule has 5 heteroatoms. The minimum atomic E-state index is 0.770. The van der Waals surface area contributed by atoms with E-state index in [-0.39, 0.29) is 0 Å². The van der Waals surface area contributed by atoms with E-state index in [1.807, 2.05) is 4.68 Å². The topological polar surface area (TPSA) is 29.6 Å². The maximum absolute atomic E-state index is 4.99. The third-order valence-electron chi connectivity index (χ3n) is 3.93. The molecule has 0 radical (unpaired) electrons. The number of nitrogens with zero attached hydrogens (tertiary/aromatic N) is 3. The van der Waals surface area contributed by atoms with E-state index in [0.29, 0.717) is 0 Å². The quantitative estimate of drug-likeness (QED) is 0.677. The maximum Gasteiger partial charge on any atom is 0.206 e. The SMILES string of the molecule is CCN=c1scc(-c2cccs2)n1N=C1CCc2ccccc21. The molecule has 0 amide bonds. The van der Waals surface area contributed by atoms with Crippen LogP contribution in [0.25, 0.3) is 10.6 Å². The molecule has 1 aliphatic rings. The molecule has 4 rings (SSSR count). The lowest BCUT2D eigenvalue weighted by atomic mass is 10.1. The van der Waals surface area contributed by atoms with Gasteiger partial charge in [-0.15, -0.1) is 22.7 Å². The van der Waals surface area contributed by atoms with Crippen LogP contribution in [0.2, 0.25) is 0 Å². The summed E-state index contributed by atoms with van der Waals surface area (Å²) in [5.41, 5.74) is 4.97. The van der Waals surface area contributed by atoms with Crippen molar-refractivity contribution in [1.82, 2.24) is 4.68 Å². The molecule has 23 heavy (non-hydrogen) atoms. The van der Waals surface area contributed by atoms with Gasteiger partial charge in [0.15, 0.2) is 0 Å². The second-order valence-electron chi connectivity index (χ2n) is 5.37. The van der Waals surface area contributed by atoms with Gasteiger partial charge in [0.2, 0.25) is 4.80 Å². The lowest BCUT2D eigenvalue weighted by Crippen LogP contribution is -2.14. The minimum Gasteiger partial charge on any atom is -0.258 e. The highest BCUT2D eigenvalue weighted by Gasteiger charge is 2.18. The lowest BCUT2D eigenvalue weighted by Gasteiger charge is -2.04. The van der Waals surface area contributed by atoms with E-state index < -0.39 is 0 Å². The molecule has 3 nitrogen and oxygen atoms in total. The molecule has 0 aliphatic heterocycles. The van der Waals surface area contributed by atoms with Gasteiger partial charge in [-0.05, 0) is 36.8 Å². The minimum absolute atomic E-state index is 0.770. The van der Waals surface area contributed by atoms with Crippen molar-refractivity contribution in [3.63, 3.8) is 0 Å². The second kappa shape index (κ2) is 6.26. The number of fused-ring (bicyclic) bond motifs is 1. The zero-order valence-corrected chi connectivity index (χ0v) is 14.5. The van der Waals surface area contributed by atoms with Crippen LogP contribution in [0.4, 0.5) is 0 Å². The summed E-state index contributed by atoms with van der Waals surface area (Å²) in [4.78, 5) is 6.81. The van der Waals surface area contributed by atoms with Crippen LogP contribution in [0.15, 0.2) is 57.3 Å². The summed E-state index contributed by atoms with van der Waals surface area (Å²) in [6.07, 6.45) is 2.08. The summed E-state index contributed by atoms with van der Waals surface area (Å²) in [5, 5.41) is 9.25. The number of aryl methyl sites for hydroxylation is 1. The molecule has 0 spiro atoms. The van der Waals surface area contributed by atoms with Crippen LogP contribution in [-0.2, 0) is 6.42 Å². The average molecular weight is 339 g/mol. The van der Waals surface area contributed by atoms with Crippen molar-refractivity contribution in [3.8, 4) is 10.6 Å². The number of thiazole rings is 1. The van der Waals surface area contributed by atoms with E-state index in [1.165, 1.54) is 16.0 Å². The van der Waals surface area contributed by atoms with E-state index >= 15 is 0 Å². The van der Waals surface area contributed by atoms with Crippen molar-refractivity contribution in [2.75, 3.05) is 6.54 Å². The molecule has 3 aromatic rings. The highest BCUT2D eigenvalue weighted by molar-refractivity contribution is 7.14. The molecule has 0 bridgehead atoms. The summed E-state index contributed by atoms with van der Waals surface area (Å²) in [6.45, 7) is 2.83. The van der Waals surface area contributed by atoms with Gasteiger partial charge in [0.25, 0.3) is 0 Å². The van der Waals surface area contributed by atoms with Crippen LogP contribution in [-0.4, -0.2) is 16.9 Å². The van der Waals surface area contributed by atoms with E-state index in [1.54, 1.807) is 22.7 Å². The molecule has 0 unspecified atom stereocenters. The molecule has 0 saturated heterocycles. The van der Waals surface area contributed by atoms with Gasteiger partial charge < -0.3 is 0 Å². The number of benzene rings is 1. The Balaban J connectivity index is 1.88. The van der Waals surface area contributed by atoms with Gasteiger partial charge in [0.05, 0.1) is 16.3 Å². The fraction of sp³-hybridized carbons (Fsp3) is 0.222. The summed E-state index contributed by atoms with van der Waals surface area (Å²) >= 11 is 3.40. The first kappa shape index (κ1) is 14.6. The van der Waals surface area contributed by atoms with Gasteiger partial charge in [-0.1, -0.05) is 30.3 Å². The maximum atomic E-state index is 4.99. The first-order valence-electron chi connectivity index (χ1n) is 7.78. The third kappa shape index (κ3) is 2.71. The van der Waals surface area contributed by atoms with Crippen molar-refractivity contribution < 1.29 is 0 Å². The Labute approximate surface area is 143 Å². The van der Waals surface area contributed by atoms with Gasteiger partial charge >= 0.3 is 0 Å². The molecule has 1 aromatic carbocycles. The Hall–Kier alpha value is -1.98. The second-order valence-corrected chi connectivity index (χ2v) is 7.16. The van der Waals surface area contributed by atoms with E-state index in [2.05, 4.69) is 59.1 Å². The number of rotatable bonds is 3. The molecule has 0 saturated carbocycles. The van der Waals surface area contributed by atoms with Crippen molar-refractivity contribution >= 4 is 28.4 Å². The summed E-state index contributed by atoms with van der Waals surface area (Å²) < 4.78 is 2.03. The molecular weight excluding hydrogens is 322 g/mol. The fourth-order valence-electron chi connectivity index (χ4n) is 2.87. The molecular formula is C18H17N3S2. The largest absolute Gasteiger partial charge is 0.258 e. The molecule has 2 heterocycles. The standard InChI is InChI=1S/C18H17N3S2/c1-2-19-18-21(16(12-23-18)17-8-5-11-22-17)20-15-10-9-13-6-3-4-7-14(13)15/h3-8,11-12H,2,9-10H2,1H3. The monoisotopic (exact) mass is 339 g/mol. The van der Waals surface area contributed by atoms with Crippen LogP contribution >= 0.6 is 22.7 Å². The van der Waals surface area contributed by atoms with Crippen LogP contribution < -0.4 is 4.80 Å². The predicted molar refractivity (Wildman–Crippen MR) is 98.4 cm³/mol. The zero-order chi connectivity index (χ0) is 15.6. The third-order valence-corrected chi connectivity index (χ3v) is 5.68. The number of thiophene rings is 1. The fourth-order valence-corrected chi connectivity index (χ4v) is 4.55. The van der Waals surface area contributed by atoms with Crippen molar-refractivity contribution in [2.24, 2.45) is 10.1 Å². The normalized spacial score (nSPS) is 16.2. The van der Waals surface area contributed by atoms with Crippen molar-refractivity contribution in [1.29, 1.82) is 0 Å². The molecule has 2 aromatic heterocycles. The van der Waals surface area contributed by atoms with Crippen molar-refractivity contribution in [3.05, 3.63) is 63.1 Å². The van der Waals surface area contributed by atoms with Gasteiger partial charge in [-0.2, -0.15) is 5.10 Å². The predicted octanol–water partition coefficient (Wildman–Crippen LogP) is 4.40. The molecule has 0 atom stereocenters. The van der Waals surface area contributed by atoms with E-state index in [0.717, 1.165) is 35.6 Å². The first-order chi connectivity index (χ1) is 11.4. The Morgan fingerprint density at radius 1 is 1.09 bits per heavy atom. The number of hydrogen-bond donors (Lipinski definition) is 0. The Morgan fingerprint density at radius 3 is 2.83 bits per heavy atom. The molecule has 1 aliphatic carbocycles. The lowest BCUT2D eigenvalue weighted by molar-refractivity contribution is 0.825. The van der Waals surface area contributed by atoms with Crippen LogP contribution in [0.5, 0.6) is 0 Å². The summed E-state index contributed by atoms with van der Waals surface area (Å²) in [6, 6.07) is 12.8. The van der Waals surface area contributed by atoms with E-state index in [4.69, 9.17) is 5.10 Å². The van der Waals surface area contributed by atoms with Gasteiger partial charge in [-0.3, -0.25) is 4.99 Å². The van der Waals surface area contributed by atoms with Crippen LogP contribution in [0.1, 0.15) is 24.5 Å². The van der Waals surface area contributed by atoms with E-state index in [9.17, 15) is 0 Å². The zero-order valence-electron chi connectivity index (χ0n) is 12.9. The summed E-state index contributed by atoms with van der Waals surface area (Å²) in [5.74, 6) is 0. The van der Waals surface area contributed by atoms with Gasteiger partial charge in [-0.25, -0.2) is 4.68 Å². The first-order valence-corrected chi connectivity index (χ1v) is 9.54. The Bertz CT molecular complexity index is 914. The van der Waals surface area contributed by atoms with Crippen LogP contribution in [0, 0.1) is 0 Å². The summed E-state index contributed by atoms with van der Waals surface area (Å²) in [7, 11) is 0. The smallest absolute Gasteiger partial charge is 0.206 e. The number of hydrogen-bond acceptors (Lipinski definition) is 4. The number of aromatic nitrogens is 1. The molecule has 0 N–H and O–H groups in total. The average Bonchev–Trinajstić information content (AvgIpc) is 3.29. The molecule has 116 valence electrons. The highest BCUT2D eigenvalue weighted by Crippen LogP contribution is 2.27. The van der Waals surface area contributed by atoms with Crippen LogP contribution in [0.3, 0.4) is 0 Å². The Morgan fingerprint density at radius 2 is 2.00 bits per heavy atom. The Kier molecular flexibility index (Phi) is 3.97. The highest BCUT2D eigenvalue weighted by atomic mass is 32.1. The molecule has 0 fully saturated rings. The van der Waals surface area contributed by atoms with Crippen molar-refractivity contribution in [2.45, 2.75) is 19.8 Å².